The second-order valence-corrected chi connectivity index (χ2v) is 5.06. The van der Waals surface area contributed by atoms with Crippen LogP contribution in [0, 0.1) is 11.8 Å². The molecule has 0 amide bonds. The topological polar surface area (TPSA) is 37.8 Å². The first-order valence-corrected chi connectivity index (χ1v) is 6.21. The van der Waals surface area contributed by atoms with Crippen molar-refractivity contribution in [1.29, 1.82) is 0 Å². The summed E-state index contributed by atoms with van der Waals surface area (Å²) >= 11 is 0. The van der Waals surface area contributed by atoms with Crippen LogP contribution in [0.1, 0.15) is 44.9 Å². The zero-order valence-corrected chi connectivity index (χ0v) is 10.4. The molecule has 1 aromatic rings. The predicted octanol–water partition coefficient (Wildman–Crippen LogP) is 3.06. The van der Waals surface area contributed by atoms with Crippen LogP contribution in [0.25, 0.3) is 0 Å². The fourth-order valence-electron chi connectivity index (χ4n) is 2.57. The Balaban J connectivity index is 2.08. The van der Waals surface area contributed by atoms with Crippen LogP contribution in [0.2, 0.25) is 0 Å². The molecule has 0 bridgehead atoms. The minimum Gasteiger partial charge on any atom is -0.373 e. The van der Waals surface area contributed by atoms with E-state index >= 15 is 0 Å². The minimum absolute atomic E-state index is 0.570. The fourth-order valence-corrected chi connectivity index (χ4v) is 2.57. The van der Waals surface area contributed by atoms with Crippen molar-refractivity contribution in [2.45, 2.75) is 39.0 Å². The van der Waals surface area contributed by atoms with E-state index in [4.69, 9.17) is 0 Å². The van der Waals surface area contributed by atoms with Gasteiger partial charge in [0, 0.05) is 19.2 Å². The van der Waals surface area contributed by atoms with Crippen LogP contribution in [0.3, 0.4) is 0 Å². The third kappa shape index (κ3) is 2.34. The van der Waals surface area contributed by atoms with Gasteiger partial charge in [0.2, 0.25) is 0 Å². The molecule has 1 fully saturated rings. The van der Waals surface area contributed by atoms with Crippen molar-refractivity contribution in [2.75, 3.05) is 12.4 Å². The SMILES string of the molecule is CNc1ccnc(C2CCC(C(C)C)C2)n1. The van der Waals surface area contributed by atoms with E-state index in [-0.39, 0.29) is 0 Å². The predicted molar refractivity (Wildman–Crippen MR) is 66.5 cm³/mol. The first kappa shape index (κ1) is 11.4. The number of anilines is 1. The van der Waals surface area contributed by atoms with Crippen LogP contribution >= 0.6 is 0 Å². The Morgan fingerprint density at radius 2 is 2.19 bits per heavy atom. The van der Waals surface area contributed by atoms with Crippen LogP contribution in [-0.2, 0) is 0 Å². The Bertz CT molecular complexity index is 349. The molecule has 1 aliphatic carbocycles. The molecule has 2 rings (SSSR count). The van der Waals surface area contributed by atoms with Crippen LogP contribution in [-0.4, -0.2) is 17.0 Å². The first-order valence-electron chi connectivity index (χ1n) is 6.21. The number of aromatic nitrogens is 2. The summed E-state index contributed by atoms with van der Waals surface area (Å²) < 4.78 is 0. The second-order valence-electron chi connectivity index (χ2n) is 5.06. The van der Waals surface area contributed by atoms with Gasteiger partial charge in [-0.3, -0.25) is 0 Å². The van der Waals surface area contributed by atoms with E-state index in [1.54, 1.807) is 0 Å². The van der Waals surface area contributed by atoms with E-state index in [0.717, 1.165) is 23.5 Å². The molecule has 3 nitrogen and oxygen atoms in total. The van der Waals surface area contributed by atoms with Gasteiger partial charge in [0.05, 0.1) is 0 Å². The lowest BCUT2D eigenvalue weighted by Crippen LogP contribution is -2.06. The average Bonchev–Trinajstić information content (AvgIpc) is 2.78. The second kappa shape index (κ2) is 4.81. The zero-order chi connectivity index (χ0) is 11.5. The van der Waals surface area contributed by atoms with Crippen LogP contribution < -0.4 is 5.32 Å². The van der Waals surface area contributed by atoms with Crippen LogP contribution in [0.5, 0.6) is 0 Å². The number of nitrogens with zero attached hydrogens (tertiary/aromatic N) is 2. The lowest BCUT2D eigenvalue weighted by atomic mass is 9.93. The van der Waals surface area contributed by atoms with Gasteiger partial charge >= 0.3 is 0 Å². The Kier molecular flexibility index (Phi) is 3.42. The van der Waals surface area contributed by atoms with E-state index in [9.17, 15) is 0 Å². The van der Waals surface area contributed by atoms with Crippen molar-refractivity contribution in [2.24, 2.45) is 11.8 Å². The first-order chi connectivity index (χ1) is 7.70. The number of nitrogens with one attached hydrogen (secondary N) is 1. The lowest BCUT2D eigenvalue weighted by Gasteiger charge is -2.14. The molecular weight excluding hydrogens is 198 g/mol. The van der Waals surface area contributed by atoms with Crippen molar-refractivity contribution in [3.63, 3.8) is 0 Å². The highest BCUT2D eigenvalue weighted by molar-refractivity contribution is 5.32. The summed E-state index contributed by atoms with van der Waals surface area (Å²) in [4.78, 5) is 8.96. The molecule has 1 heterocycles. The molecule has 2 unspecified atom stereocenters. The van der Waals surface area contributed by atoms with Gasteiger partial charge in [-0.2, -0.15) is 0 Å². The highest BCUT2D eigenvalue weighted by Crippen LogP contribution is 2.40. The van der Waals surface area contributed by atoms with Crippen molar-refractivity contribution in [3.05, 3.63) is 18.1 Å². The van der Waals surface area contributed by atoms with Gasteiger partial charge in [0.1, 0.15) is 11.6 Å². The van der Waals surface area contributed by atoms with E-state index in [2.05, 4.69) is 29.1 Å². The maximum absolute atomic E-state index is 4.54. The monoisotopic (exact) mass is 219 g/mol. The molecule has 2 atom stereocenters. The van der Waals surface area contributed by atoms with E-state index in [1.807, 2.05) is 19.3 Å². The van der Waals surface area contributed by atoms with Crippen molar-refractivity contribution in [1.82, 2.24) is 9.97 Å². The van der Waals surface area contributed by atoms with E-state index in [0.29, 0.717) is 5.92 Å². The minimum atomic E-state index is 0.570. The standard InChI is InChI=1S/C13H21N3/c1-9(2)10-4-5-11(8-10)13-15-7-6-12(14-3)16-13/h6-7,9-11H,4-5,8H2,1-3H3,(H,14,15,16). The summed E-state index contributed by atoms with van der Waals surface area (Å²) in [6.45, 7) is 4.63. The summed E-state index contributed by atoms with van der Waals surface area (Å²) in [6.07, 6.45) is 5.69. The fraction of sp³-hybridized carbons (Fsp3) is 0.692. The van der Waals surface area contributed by atoms with E-state index in [1.165, 1.54) is 19.3 Å². The van der Waals surface area contributed by atoms with Crippen molar-refractivity contribution >= 4 is 5.82 Å². The van der Waals surface area contributed by atoms with Crippen molar-refractivity contribution in [3.8, 4) is 0 Å². The van der Waals surface area contributed by atoms with Gasteiger partial charge < -0.3 is 5.32 Å². The molecule has 0 spiro atoms. The average molecular weight is 219 g/mol. The molecular formula is C13H21N3. The third-order valence-corrected chi connectivity index (χ3v) is 3.71. The van der Waals surface area contributed by atoms with Gasteiger partial charge in [-0.15, -0.1) is 0 Å². The Morgan fingerprint density at radius 3 is 2.81 bits per heavy atom. The molecule has 0 saturated heterocycles. The smallest absolute Gasteiger partial charge is 0.133 e. The molecule has 0 aromatic carbocycles. The number of rotatable bonds is 3. The highest BCUT2D eigenvalue weighted by atomic mass is 15.0. The molecule has 16 heavy (non-hydrogen) atoms. The molecule has 1 N–H and O–H groups in total. The zero-order valence-electron chi connectivity index (χ0n) is 10.4. The lowest BCUT2D eigenvalue weighted by molar-refractivity contribution is 0.390. The molecule has 1 saturated carbocycles. The normalized spacial score (nSPS) is 25.0. The summed E-state index contributed by atoms with van der Waals surface area (Å²) in [5.41, 5.74) is 0. The Labute approximate surface area is 97.7 Å². The summed E-state index contributed by atoms with van der Waals surface area (Å²) in [6, 6.07) is 1.92. The van der Waals surface area contributed by atoms with Crippen LogP contribution in [0.15, 0.2) is 12.3 Å². The molecule has 1 aliphatic rings. The quantitative estimate of drug-likeness (QED) is 0.849. The maximum Gasteiger partial charge on any atom is 0.133 e. The summed E-state index contributed by atoms with van der Waals surface area (Å²) in [5, 5.41) is 3.07. The van der Waals surface area contributed by atoms with Gasteiger partial charge in [-0.25, -0.2) is 9.97 Å². The largest absolute Gasteiger partial charge is 0.373 e. The van der Waals surface area contributed by atoms with Crippen LogP contribution in [0.4, 0.5) is 5.82 Å². The summed E-state index contributed by atoms with van der Waals surface area (Å²) in [7, 11) is 1.90. The maximum atomic E-state index is 4.54. The third-order valence-electron chi connectivity index (χ3n) is 3.71. The van der Waals surface area contributed by atoms with Crippen molar-refractivity contribution < 1.29 is 0 Å². The van der Waals surface area contributed by atoms with Gasteiger partial charge in [0.15, 0.2) is 0 Å². The molecule has 3 heteroatoms. The Hall–Kier alpha value is -1.12. The van der Waals surface area contributed by atoms with Gasteiger partial charge in [0.25, 0.3) is 0 Å². The Morgan fingerprint density at radius 1 is 1.38 bits per heavy atom. The highest BCUT2D eigenvalue weighted by Gasteiger charge is 2.29. The molecule has 88 valence electrons. The molecule has 0 aliphatic heterocycles. The molecule has 1 aromatic heterocycles. The van der Waals surface area contributed by atoms with E-state index < -0.39 is 0 Å². The number of hydrogen-bond acceptors (Lipinski definition) is 3. The molecule has 0 radical (unpaired) electrons. The summed E-state index contributed by atoms with van der Waals surface area (Å²) in [5.74, 6) is 4.16. The van der Waals surface area contributed by atoms with Gasteiger partial charge in [-0.1, -0.05) is 13.8 Å². The number of hydrogen-bond donors (Lipinski definition) is 1. The van der Waals surface area contributed by atoms with Gasteiger partial charge in [-0.05, 0) is 37.2 Å².